The lowest BCUT2D eigenvalue weighted by molar-refractivity contribution is -0.384. The summed E-state index contributed by atoms with van der Waals surface area (Å²) in [5.74, 6) is 0. The molecule has 0 unspecified atom stereocenters. The van der Waals surface area contributed by atoms with Crippen LogP contribution in [0.25, 0.3) is 0 Å². The number of benzene rings is 1. The summed E-state index contributed by atoms with van der Waals surface area (Å²) in [4.78, 5) is 26.7. The number of anilines is 1. The Morgan fingerprint density at radius 3 is 2.12 bits per heavy atom. The van der Waals surface area contributed by atoms with Gasteiger partial charge in [-0.3, -0.25) is 10.1 Å². The van der Waals surface area contributed by atoms with Crippen molar-refractivity contribution >= 4 is 17.5 Å². The van der Waals surface area contributed by atoms with Crippen molar-refractivity contribution in [2.75, 3.05) is 31.1 Å². The van der Waals surface area contributed by atoms with E-state index in [0.717, 1.165) is 29.9 Å². The Balaban J connectivity index is 1.61. The predicted molar refractivity (Wildman–Crippen MR) is 95.0 cm³/mol. The van der Waals surface area contributed by atoms with Gasteiger partial charge in [0.1, 0.15) is 5.60 Å². The van der Waals surface area contributed by atoms with Crippen molar-refractivity contribution in [1.29, 1.82) is 0 Å². The van der Waals surface area contributed by atoms with E-state index in [9.17, 15) is 14.9 Å². The molecule has 0 bridgehead atoms. The fourth-order valence-electron chi connectivity index (χ4n) is 3.88. The van der Waals surface area contributed by atoms with E-state index in [1.807, 2.05) is 34.6 Å². The second-order valence-corrected chi connectivity index (χ2v) is 8.38. The summed E-state index contributed by atoms with van der Waals surface area (Å²) < 4.78 is 5.40. The standard InChI is InChI=1S/C18H25N3O4/c1-12-6-14(21(23)24)7-13(2)15(12)19-8-18(9-19)10-20(11-18)16(22)25-17(3,4)5/h6-7H,8-11H2,1-5H3. The molecule has 2 aliphatic rings. The van der Waals surface area contributed by atoms with Crippen LogP contribution in [0.2, 0.25) is 0 Å². The minimum absolute atomic E-state index is 0.133. The molecular weight excluding hydrogens is 322 g/mol. The molecule has 3 rings (SSSR count). The lowest BCUT2D eigenvalue weighted by atomic mass is 9.72. The first-order valence-corrected chi connectivity index (χ1v) is 8.48. The molecule has 0 aromatic heterocycles. The fraction of sp³-hybridized carbons (Fsp3) is 0.611. The van der Waals surface area contributed by atoms with Crippen LogP contribution in [0.4, 0.5) is 16.2 Å². The number of nitro groups is 1. The molecule has 1 aromatic carbocycles. The molecule has 2 fully saturated rings. The Morgan fingerprint density at radius 1 is 1.16 bits per heavy atom. The zero-order chi connectivity index (χ0) is 18.6. The number of carbonyl (C=O) groups excluding carboxylic acids is 1. The van der Waals surface area contributed by atoms with Crippen molar-refractivity contribution in [3.05, 3.63) is 33.4 Å². The molecule has 1 amide bonds. The number of nitrogens with zero attached hydrogens (tertiary/aromatic N) is 3. The van der Waals surface area contributed by atoms with Crippen LogP contribution in [0.15, 0.2) is 12.1 Å². The molecule has 0 atom stereocenters. The van der Waals surface area contributed by atoms with Gasteiger partial charge in [-0.15, -0.1) is 0 Å². The molecule has 2 heterocycles. The van der Waals surface area contributed by atoms with Crippen molar-refractivity contribution in [1.82, 2.24) is 4.90 Å². The van der Waals surface area contributed by atoms with Gasteiger partial charge in [-0.05, 0) is 45.7 Å². The Labute approximate surface area is 147 Å². The monoisotopic (exact) mass is 347 g/mol. The van der Waals surface area contributed by atoms with Crippen LogP contribution in [0.1, 0.15) is 31.9 Å². The minimum Gasteiger partial charge on any atom is -0.444 e. The third-order valence-corrected chi connectivity index (χ3v) is 4.76. The van der Waals surface area contributed by atoms with Crippen LogP contribution in [0, 0.1) is 29.4 Å². The minimum atomic E-state index is -0.474. The highest BCUT2D eigenvalue weighted by Crippen LogP contribution is 2.44. The van der Waals surface area contributed by atoms with Crippen LogP contribution in [-0.4, -0.2) is 47.7 Å². The van der Waals surface area contributed by atoms with Crippen LogP contribution in [0.3, 0.4) is 0 Å². The third kappa shape index (κ3) is 3.27. The van der Waals surface area contributed by atoms with Crippen molar-refractivity contribution in [2.45, 2.75) is 40.2 Å². The zero-order valence-corrected chi connectivity index (χ0v) is 15.5. The molecule has 0 aliphatic carbocycles. The summed E-state index contributed by atoms with van der Waals surface area (Å²) in [6.45, 7) is 12.6. The number of likely N-dealkylation sites (tertiary alicyclic amines) is 1. The summed E-state index contributed by atoms with van der Waals surface area (Å²) >= 11 is 0. The topological polar surface area (TPSA) is 75.9 Å². The quantitative estimate of drug-likeness (QED) is 0.606. The number of hydrogen-bond donors (Lipinski definition) is 0. The molecule has 2 aliphatic heterocycles. The lowest BCUT2D eigenvalue weighted by Gasteiger charge is -2.60. The fourth-order valence-corrected chi connectivity index (χ4v) is 3.88. The summed E-state index contributed by atoms with van der Waals surface area (Å²) in [5.41, 5.74) is 2.71. The number of rotatable bonds is 2. The number of hydrogen-bond acceptors (Lipinski definition) is 5. The summed E-state index contributed by atoms with van der Waals surface area (Å²) in [7, 11) is 0. The first-order chi connectivity index (χ1) is 11.5. The molecular formula is C18H25N3O4. The number of carbonyl (C=O) groups is 1. The average molecular weight is 347 g/mol. The SMILES string of the molecule is Cc1cc([N+](=O)[O-])cc(C)c1N1CC2(CN(C(=O)OC(C)(C)C)C2)C1. The highest BCUT2D eigenvalue weighted by Gasteiger charge is 2.54. The van der Waals surface area contributed by atoms with Gasteiger partial charge >= 0.3 is 6.09 Å². The van der Waals surface area contributed by atoms with Crippen LogP contribution in [-0.2, 0) is 4.74 Å². The maximum absolute atomic E-state index is 12.1. The molecule has 0 radical (unpaired) electrons. The van der Waals surface area contributed by atoms with E-state index in [4.69, 9.17) is 4.74 Å². The van der Waals surface area contributed by atoms with Crippen molar-refractivity contribution in [2.24, 2.45) is 5.41 Å². The van der Waals surface area contributed by atoms with E-state index >= 15 is 0 Å². The highest BCUT2D eigenvalue weighted by molar-refractivity contribution is 5.71. The first-order valence-electron chi connectivity index (χ1n) is 8.48. The molecule has 0 N–H and O–H groups in total. The van der Waals surface area contributed by atoms with Crippen LogP contribution >= 0.6 is 0 Å². The Bertz CT molecular complexity index is 701. The van der Waals surface area contributed by atoms with Crippen molar-refractivity contribution in [3.63, 3.8) is 0 Å². The third-order valence-electron chi connectivity index (χ3n) is 4.76. The van der Waals surface area contributed by atoms with Crippen molar-refractivity contribution < 1.29 is 14.5 Å². The van der Waals surface area contributed by atoms with E-state index in [1.54, 1.807) is 17.0 Å². The maximum Gasteiger partial charge on any atom is 0.410 e. The smallest absolute Gasteiger partial charge is 0.410 e. The van der Waals surface area contributed by atoms with Gasteiger partial charge in [-0.2, -0.15) is 0 Å². The maximum atomic E-state index is 12.1. The van der Waals surface area contributed by atoms with E-state index in [0.29, 0.717) is 13.1 Å². The number of nitro benzene ring substituents is 1. The molecule has 25 heavy (non-hydrogen) atoms. The van der Waals surface area contributed by atoms with Gasteiger partial charge in [0.15, 0.2) is 0 Å². The molecule has 7 nitrogen and oxygen atoms in total. The normalized spacial score (nSPS) is 18.6. The van der Waals surface area contributed by atoms with Gasteiger partial charge in [0.05, 0.1) is 4.92 Å². The number of ether oxygens (including phenoxy) is 1. The number of aryl methyl sites for hydroxylation is 2. The van der Waals surface area contributed by atoms with Gasteiger partial charge in [0, 0.05) is 49.4 Å². The first kappa shape index (κ1) is 17.5. The molecule has 1 aromatic rings. The van der Waals surface area contributed by atoms with E-state index in [2.05, 4.69) is 4.90 Å². The summed E-state index contributed by atoms with van der Waals surface area (Å²) in [6, 6.07) is 3.25. The molecule has 136 valence electrons. The Morgan fingerprint density at radius 2 is 1.68 bits per heavy atom. The molecule has 1 spiro atoms. The van der Waals surface area contributed by atoms with E-state index in [1.165, 1.54) is 0 Å². The van der Waals surface area contributed by atoms with Gasteiger partial charge in [0.2, 0.25) is 0 Å². The summed E-state index contributed by atoms with van der Waals surface area (Å²) in [6.07, 6.45) is -0.251. The van der Waals surface area contributed by atoms with Gasteiger partial charge in [0.25, 0.3) is 5.69 Å². The molecule has 7 heteroatoms. The summed E-state index contributed by atoms with van der Waals surface area (Å²) in [5, 5.41) is 11.0. The molecule has 0 saturated carbocycles. The second kappa shape index (κ2) is 5.61. The number of non-ortho nitro benzene ring substituents is 1. The van der Waals surface area contributed by atoms with Crippen LogP contribution in [0.5, 0.6) is 0 Å². The van der Waals surface area contributed by atoms with Crippen molar-refractivity contribution in [3.8, 4) is 0 Å². The molecule has 2 saturated heterocycles. The largest absolute Gasteiger partial charge is 0.444 e. The lowest BCUT2D eigenvalue weighted by Crippen LogP contribution is -2.73. The average Bonchev–Trinajstić information content (AvgIpc) is 2.35. The Hall–Kier alpha value is -2.31. The second-order valence-electron chi connectivity index (χ2n) is 8.38. The Kier molecular flexibility index (Phi) is 3.93. The highest BCUT2D eigenvalue weighted by atomic mass is 16.6. The van der Waals surface area contributed by atoms with Gasteiger partial charge in [-0.25, -0.2) is 4.79 Å². The van der Waals surface area contributed by atoms with Crippen LogP contribution < -0.4 is 4.90 Å². The predicted octanol–water partition coefficient (Wildman–Crippen LogP) is 3.27. The number of amides is 1. The van der Waals surface area contributed by atoms with Gasteiger partial charge in [-0.1, -0.05) is 0 Å². The van der Waals surface area contributed by atoms with E-state index in [-0.39, 0.29) is 22.1 Å². The van der Waals surface area contributed by atoms with Gasteiger partial charge < -0.3 is 14.5 Å². The van der Waals surface area contributed by atoms with E-state index < -0.39 is 5.60 Å². The zero-order valence-electron chi connectivity index (χ0n) is 15.5.